The summed E-state index contributed by atoms with van der Waals surface area (Å²) in [6.07, 6.45) is 2.84. The van der Waals surface area contributed by atoms with Crippen LogP contribution in [0.3, 0.4) is 0 Å². The Kier molecular flexibility index (Phi) is 7.22. The lowest BCUT2D eigenvalue weighted by molar-refractivity contribution is -0.779. The van der Waals surface area contributed by atoms with Crippen molar-refractivity contribution in [2.75, 3.05) is 0 Å². The van der Waals surface area contributed by atoms with Crippen LogP contribution in [0.25, 0.3) is 28.2 Å². The minimum Gasteiger partial charge on any atom is -0.266 e. The number of nitrogens with one attached hydrogen (secondary N) is 1. The van der Waals surface area contributed by atoms with Gasteiger partial charge in [-0.1, -0.05) is 146 Å². The van der Waals surface area contributed by atoms with E-state index in [4.69, 9.17) is 5.10 Å². The van der Waals surface area contributed by atoms with Gasteiger partial charge in [-0.05, 0) is 22.8 Å². The number of aryl methyl sites for hydroxylation is 1. The van der Waals surface area contributed by atoms with Crippen molar-refractivity contribution in [2.45, 2.75) is 25.4 Å². The number of tetrazole rings is 1. The van der Waals surface area contributed by atoms with Gasteiger partial charge in [0.05, 0.1) is 12.1 Å². The molecule has 0 fully saturated rings. The molecule has 0 aliphatic heterocycles. The van der Waals surface area contributed by atoms with Gasteiger partial charge >= 0.3 is 5.82 Å². The van der Waals surface area contributed by atoms with Crippen LogP contribution in [-0.4, -0.2) is 34.9 Å². The van der Waals surface area contributed by atoms with Crippen LogP contribution in [0.4, 0.5) is 0 Å². The third kappa shape index (κ3) is 4.91. The topological polar surface area (TPSA) is 80.6 Å². The second-order valence-corrected chi connectivity index (χ2v) is 11.6. The summed E-state index contributed by atoms with van der Waals surface area (Å²) in [5, 5.41) is 17.1. The Balaban J connectivity index is 1.24. The molecule has 8 rings (SSSR count). The van der Waals surface area contributed by atoms with Crippen molar-refractivity contribution in [3.8, 4) is 22.5 Å². The van der Waals surface area contributed by atoms with Gasteiger partial charge in [-0.15, -0.1) is 9.78 Å². The molecule has 0 aliphatic carbocycles. The number of aromatic amines is 1. The third-order valence-electron chi connectivity index (χ3n) is 8.80. The molecule has 47 heavy (non-hydrogen) atoms. The van der Waals surface area contributed by atoms with E-state index in [-0.39, 0.29) is 0 Å². The molecule has 0 radical (unpaired) electrons. The second-order valence-electron chi connectivity index (χ2n) is 11.6. The predicted octanol–water partition coefficient (Wildman–Crippen LogP) is 6.72. The number of aromatic nitrogens is 8. The summed E-state index contributed by atoms with van der Waals surface area (Å²) in [6.45, 7) is 2.76. The number of hydrogen-bond donors (Lipinski definition) is 1. The van der Waals surface area contributed by atoms with E-state index >= 15 is 0 Å². The normalized spacial score (nSPS) is 11.7. The minimum absolute atomic E-state index is 0.689. The Morgan fingerprint density at radius 1 is 0.660 bits per heavy atom. The standard InChI is InChI=1S/C39H32N8/c1-2-36-40-37-26-27-45(47(37)42-36)28-29-22-24-30(25-23-29)34-20-12-13-21-35(34)38-41-43-44-46(38)39(31-14-6-3-7-15-31,32-16-8-4-9-17-32)33-18-10-5-11-19-33/h3-27H,2,28H2,1H3/p+1. The van der Waals surface area contributed by atoms with Crippen molar-refractivity contribution < 1.29 is 4.68 Å². The number of rotatable bonds is 9. The van der Waals surface area contributed by atoms with Gasteiger partial charge < -0.3 is 0 Å². The highest BCUT2D eigenvalue weighted by Crippen LogP contribution is 2.38. The van der Waals surface area contributed by atoms with Crippen LogP contribution in [0, 0.1) is 0 Å². The molecule has 0 unspecified atom stereocenters. The molecule has 228 valence electrons. The molecular weight excluding hydrogens is 580 g/mol. The largest absolute Gasteiger partial charge is 0.334 e. The first kappa shape index (κ1) is 28.3. The van der Waals surface area contributed by atoms with Gasteiger partial charge in [-0.3, -0.25) is 4.68 Å². The van der Waals surface area contributed by atoms with Crippen molar-refractivity contribution in [3.05, 3.63) is 180 Å². The lowest BCUT2D eigenvalue weighted by Gasteiger charge is -2.33. The quantitative estimate of drug-likeness (QED) is 0.145. The molecule has 0 aliphatic rings. The van der Waals surface area contributed by atoms with Crippen molar-refractivity contribution in [1.82, 2.24) is 34.9 Å². The molecule has 0 saturated carbocycles. The Morgan fingerprint density at radius 2 is 1.23 bits per heavy atom. The smallest absolute Gasteiger partial charge is 0.266 e. The first-order valence-corrected chi connectivity index (χ1v) is 15.9. The van der Waals surface area contributed by atoms with Gasteiger partial charge in [0, 0.05) is 35.4 Å². The van der Waals surface area contributed by atoms with Crippen LogP contribution >= 0.6 is 0 Å². The van der Waals surface area contributed by atoms with Gasteiger partial charge in [0.2, 0.25) is 0 Å². The van der Waals surface area contributed by atoms with Gasteiger partial charge in [0.25, 0.3) is 0 Å². The van der Waals surface area contributed by atoms with Gasteiger partial charge in [-0.2, -0.15) is 4.63 Å². The second kappa shape index (κ2) is 12.0. The minimum atomic E-state index is -0.777. The molecule has 1 N–H and O–H groups in total. The van der Waals surface area contributed by atoms with E-state index in [9.17, 15) is 0 Å². The number of benzene rings is 5. The fraction of sp³-hybridized carbons (Fsp3) is 0.103. The van der Waals surface area contributed by atoms with Crippen LogP contribution in [0.5, 0.6) is 0 Å². The predicted molar refractivity (Wildman–Crippen MR) is 182 cm³/mol. The van der Waals surface area contributed by atoms with E-state index < -0.39 is 5.54 Å². The SMILES string of the molecule is CCc1nc2ccn(Cc3ccc(-c4ccccc4-c4nn[nH][n+]4C(c4ccccc4)(c4ccccc4)c4ccccc4)cc3)n2n1. The van der Waals surface area contributed by atoms with E-state index in [0.717, 1.165) is 57.1 Å². The van der Waals surface area contributed by atoms with E-state index in [0.29, 0.717) is 6.54 Å². The van der Waals surface area contributed by atoms with Crippen LogP contribution in [-0.2, 0) is 18.5 Å². The fourth-order valence-corrected chi connectivity index (χ4v) is 6.58. The summed E-state index contributed by atoms with van der Waals surface area (Å²) >= 11 is 0. The summed E-state index contributed by atoms with van der Waals surface area (Å²) < 4.78 is 6.07. The van der Waals surface area contributed by atoms with Crippen LogP contribution < -0.4 is 4.68 Å². The average molecular weight is 614 g/mol. The Labute approximate surface area is 272 Å². The molecule has 0 saturated heterocycles. The van der Waals surface area contributed by atoms with Crippen molar-refractivity contribution in [3.63, 3.8) is 0 Å². The zero-order valence-corrected chi connectivity index (χ0v) is 26.0. The molecule has 8 aromatic rings. The van der Waals surface area contributed by atoms with Crippen LogP contribution in [0.1, 0.15) is 35.0 Å². The Hall–Kier alpha value is -6.15. The lowest BCUT2D eigenvalue weighted by Crippen LogP contribution is -2.61. The molecular formula is C39H33N8+. The molecule has 3 heterocycles. The lowest BCUT2D eigenvalue weighted by atomic mass is 9.77. The summed E-state index contributed by atoms with van der Waals surface area (Å²) in [7, 11) is 0. The number of nitrogens with zero attached hydrogens (tertiary/aromatic N) is 7. The monoisotopic (exact) mass is 613 g/mol. The molecule has 0 spiro atoms. The van der Waals surface area contributed by atoms with Crippen molar-refractivity contribution in [1.29, 1.82) is 0 Å². The zero-order valence-electron chi connectivity index (χ0n) is 26.0. The summed E-state index contributed by atoms with van der Waals surface area (Å²) in [5.74, 6) is 1.58. The number of hydrogen-bond acceptors (Lipinski definition) is 4. The van der Waals surface area contributed by atoms with E-state index in [2.05, 4.69) is 158 Å². The Bertz CT molecular complexity index is 2150. The molecule has 0 amide bonds. The first-order valence-electron chi connectivity index (χ1n) is 15.9. The summed E-state index contributed by atoms with van der Waals surface area (Å²) in [4.78, 5) is 4.58. The zero-order chi connectivity index (χ0) is 31.6. The molecule has 0 atom stereocenters. The maximum atomic E-state index is 4.76. The molecule has 3 aromatic heterocycles. The molecule has 0 bridgehead atoms. The molecule has 8 nitrogen and oxygen atoms in total. The van der Waals surface area contributed by atoms with E-state index in [1.54, 1.807) is 0 Å². The number of fused-ring (bicyclic) bond motifs is 1. The van der Waals surface area contributed by atoms with Crippen molar-refractivity contribution in [2.24, 2.45) is 0 Å². The van der Waals surface area contributed by atoms with Gasteiger partial charge in [0.1, 0.15) is 5.10 Å². The van der Waals surface area contributed by atoms with E-state index in [1.807, 2.05) is 35.1 Å². The highest BCUT2D eigenvalue weighted by atomic mass is 15.6. The Morgan fingerprint density at radius 3 is 1.83 bits per heavy atom. The number of H-pyrrole nitrogens is 1. The highest BCUT2D eigenvalue weighted by molar-refractivity contribution is 5.79. The van der Waals surface area contributed by atoms with Gasteiger partial charge in [-0.25, -0.2) is 4.98 Å². The van der Waals surface area contributed by atoms with E-state index in [1.165, 1.54) is 5.56 Å². The average Bonchev–Trinajstić information content (AvgIpc) is 3.88. The van der Waals surface area contributed by atoms with Crippen LogP contribution in [0.15, 0.2) is 152 Å². The van der Waals surface area contributed by atoms with Crippen molar-refractivity contribution >= 4 is 5.65 Å². The fourth-order valence-electron chi connectivity index (χ4n) is 6.58. The third-order valence-corrected chi connectivity index (χ3v) is 8.80. The highest BCUT2D eigenvalue weighted by Gasteiger charge is 2.46. The maximum Gasteiger partial charge on any atom is 0.334 e. The first-order chi connectivity index (χ1) is 23.3. The summed E-state index contributed by atoms with van der Waals surface area (Å²) in [6, 6.07) is 50.8. The molecule has 8 heteroatoms. The van der Waals surface area contributed by atoms with Gasteiger partial charge in [0.15, 0.2) is 22.2 Å². The van der Waals surface area contributed by atoms with Crippen LogP contribution in [0.2, 0.25) is 0 Å². The molecule has 5 aromatic carbocycles. The maximum absolute atomic E-state index is 4.76. The summed E-state index contributed by atoms with van der Waals surface area (Å²) in [5.41, 5.74) is 7.67.